The Hall–Kier alpha value is -1.84. The molecule has 0 saturated heterocycles. The second-order valence-electron chi connectivity index (χ2n) is 5.56. The highest BCUT2D eigenvalue weighted by molar-refractivity contribution is 5.90. The van der Waals surface area contributed by atoms with Gasteiger partial charge < -0.3 is 10.4 Å². The highest BCUT2D eigenvalue weighted by Gasteiger charge is 2.12. The van der Waals surface area contributed by atoms with Crippen molar-refractivity contribution in [3.05, 3.63) is 29.8 Å². The van der Waals surface area contributed by atoms with Gasteiger partial charge in [-0.25, -0.2) is 0 Å². The summed E-state index contributed by atoms with van der Waals surface area (Å²) in [6.07, 6.45) is 1.14. The maximum Gasteiger partial charge on any atom is 0.303 e. The van der Waals surface area contributed by atoms with Crippen molar-refractivity contribution in [1.82, 2.24) is 0 Å². The van der Waals surface area contributed by atoms with Gasteiger partial charge in [0.2, 0.25) is 5.91 Å². The summed E-state index contributed by atoms with van der Waals surface area (Å²) in [6.45, 7) is 6.28. The molecular formula is C16H23NO3. The van der Waals surface area contributed by atoms with Crippen molar-refractivity contribution in [2.75, 3.05) is 5.32 Å². The Balaban J connectivity index is 2.48. The zero-order valence-corrected chi connectivity index (χ0v) is 12.3. The third kappa shape index (κ3) is 5.87. The Bertz CT molecular complexity index is 451. The van der Waals surface area contributed by atoms with Crippen LogP contribution in [-0.4, -0.2) is 17.0 Å². The smallest absolute Gasteiger partial charge is 0.303 e. The van der Waals surface area contributed by atoms with Crippen LogP contribution in [0.5, 0.6) is 0 Å². The molecule has 1 rings (SSSR count). The first-order chi connectivity index (χ1) is 9.38. The van der Waals surface area contributed by atoms with Crippen molar-refractivity contribution in [3.8, 4) is 0 Å². The van der Waals surface area contributed by atoms with Crippen LogP contribution in [0.1, 0.15) is 39.2 Å². The number of rotatable bonds is 7. The van der Waals surface area contributed by atoms with Crippen molar-refractivity contribution < 1.29 is 14.7 Å². The highest BCUT2D eigenvalue weighted by Crippen LogP contribution is 2.16. The summed E-state index contributed by atoms with van der Waals surface area (Å²) in [5, 5.41) is 11.5. The number of benzene rings is 1. The Morgan fingerprint density at radius 1 is 1.15 bits per heavy atom. The Kier molecular flexibility index (Phi) is 6.22. The molecule has 1 amide bonds. The fraction of sp³-hybridized carbons (Fsp3) is 0.500. The molecule has 0 aliphatic rings. The van der Waals surface area contributed by atoms with E-state index < -0.39 is 5.97 Å². The predicted octanol–water partition coefficient (Wildman–Crippen LogP) is 3.32. The molecule has 0 aliphatic carbocycles. The van der Waals surface area contributed by atoms with E-state index in [2.05, 4.69) is 26.1 Å². The first-order valence-electron chi connectivity index (χ1n) is 6.99. The van der Waals surface area contributed by atoms with E-state index in [4.69, 9.17) is 5.11 Å². The highest BCUT2D eigenvalue weighted by atomic mass is 16.4. The third-order valence-electron chi connectivity index (χ3n) is 3.51. The van der Waals surface area contributed by atoms with Crippen LogP contribution in [0.25, 0.3) is 0 Å². The largest absolute Gasteiger partial charge is 0.481 e. The van der Waals surface area contributed by atoms with E-state index in [0.29, 0.717) is 24.7 Å². The second kappa shape index (κ2) is 7.68. The quantitative estimate of drug-likeness (QED) is 0.803. The van der Waals surface area contributed by atoms with E-state index in [0.717, 1.165) is 11.3 Å². The van der Waals surface area contributed by atoms with E-state index in [9.17, 15) is 9.59 Å². The molecule has 1 aromatic carbocycles. The number of carboxylic acids is 1. The number of nitrogens with one attached hydrogen (secondary N) is 1. The second-order valence-corrected chi connectivity index (χ2v) is 5.56. The first-order valence-corrected chi connectivity index (χ1v) is 6.99. The number of hydrogen-bond acceptors (Lipinski definition) is 2. The van der Waals surface area contributed by atoms with E-state index >= 15 is 0 Å². The Labute approximate surface area is 120 Å². The van der Waals surface area contributed by atoms with Crippen molar-refractivity contribution in [2.24, 2.45) is 11.8 Å². The van der Waals surface area contributed by atoms with Crippen molar-refractivity contribution in [3.63, 3.8) is 0 Å². The molecule has 20 heavy (non-hydrogen) atoms. The van der Waals surface area contributed by atoms with Crippen LogP contribution in [0.2, 0.25) is 0 Å². The summed E-state index contributed by atoms with van der Waals surface area (Å²) in [6, 6.07) is 7.33. The van der Waals surface area contributed by atoms with Crippen LogP contribution in [-0.2, 0) is 16.0 Å². The zero-order valence-electron chi connectivity index (χ0n) is 12.3. The first kappa shape index (κ1) is 16.2. The van der Waals surface area contributed by atoms with Gasteiger partial charge in [0.25, 0.3) is 0 Å². The van der Waals surface area contributed by atoms with Gasteiger partial charge in [0.05, 0.1) is 0 Å². The van der Waals surface area contributed by atoms with Gasteiger partial charge in [0, 0.05) is 18.5 Å². The van der Waals surface area contributed by atoms with Gasteiger partial charge in [-0.1, -0.05) is 32.9 Å². The molecule has 0 spiro atoms. The standard InChI is InChI=1S/C16H23NO3/c1-11(2)12(3)10-15(18)17-14-7-4-13(5-8-14)6-9-16(19)20/h4-5,7-8,11-12H,6,9-10H2,1-3H3,(H,17,18)(H,19,20). The molecule has 4 nitrogen and oxygen atoms in total. The fourth-order valence-corrected chi connectivity index (χ4v) is 1.75. The van der Waals surface area contributed by atoms with Crippen molar-refractivity contribution >= 4 is 17.6 Å². The molecule has 1 unspecified atom stereocenters. The zero-order chi connectivity index (χ0) is 15.1. The summed E-state index contributed by atoms with van der Waals surface area (Å²) in [4.78, 5) is 22.3. The van der Waals surface area contributed by atoms with E-state index in [1.807, 2.05) is 24.3 Å². The molecular weight excluding hydrogens is 254 g/mol. The SMILES string of the molecule is CC(C)C(C)CC(=O)Nc1ccc(CCC(=O)O)cc1. The summed E-state index contributed by atoms with van der Waals surface area (Å²) < 4.78 is 0. The summed E-state index contributed by atoms with van der Waals surface area (Å²) in [5.74, 6) is 0.0542. The number of aryl methyl sites for hydroxylation is 1. The lowest BCUT2D eigenvalue weighted by Gasteiger charge is -2.15. The number of carbonyl (C=O) groups excluding carboxylic acids is 1. The van der Waals surface area contributed by atoms with Crippen molar-refractivity contribution in [1.29, 1.82) is 0 Å². The van der Waals surface area contributed by atoms with Crippen LogP contribution in [0, 0.1) is 11.8 Å². The maximum absolute atomic E-state index is 11.8. The Morgan fingerprint density at radius 3 is 2.25 bits per heavy atom. The minimum atomic E-state index is -0.801. The van der Waals surface area contributed by atoms with Gasteiger partial charge in [0.15, 0.2) is 0 Å². The Morgan fingerprint density at radius 2 is 1.75 bits per heavy atom. The summed E-state index contributed by atoms with van der Waals surface area (Å²) in [5.41, 5.74) is 1.71. The van der Waals surface area contributed by atoms with Crippen LogP contribution in [0.15, 0.2) is 24.3 Å². The van der Waals surface area contributed by atoms with Crippen LogP contribution in [0.4, 0.5) is 5.69 Å². The molecule has 110 valence electrons. The molecule has 0 heterocycles. The lowest BCUT2D eigenvalue weighted by Crippen LogP contribution is -2.17. The van der Waals surface area contributed by atoms with E-state index in [1.165, 1.54) is 0 Å². The lowest BCUT2D eigenvalue weighted by atomic mass is 9.94. The molecule has 0 radical (unpaired) electrons. The minimum Gasteiger partial charge on any atom is -0.481 e. The number of carboxylic acid groups (broad SMARTS) is 1. The maximum atomic E-state index is 11.8. The number of anilines is 1. The van der Waals surface area contributed by atoms with Crippen molar-refractivity contribution in [2.45, 2.75) is 40.0 Å². The number of aliphatic carboxylic acids is 1. The van der Waals surface area contributed by atoms with Crippen LogP contribution < -0.4 is 5.32 Å². The average Bonchev–Trinajstić information content (AvgIpc) is 2.37. The third-order valence-corrected chi connectivity index (χ3v) is 3.51. The molecule has 0 aliphatic heterocycles. The molecule has 0 fully saturated rings. The van der Waals surface area contributed by atoms with E-state index in [1.54, 1.807) is 0 Å². The van der Waals surface area contributed by atoms with Crippen LogP contribution in [0.3, 0.4) is 0 Å². The van der Waals surface area contributed by atoms with Crippen LogP contribution >= 0.6 is 0 Å². The molecule has 0 aromatic heterocycles. The van der Waals surface area contributed by atoms with Gasteiger partial charge in [-0.2, -0.15) is 0 Å². The number of hydrogen-bond donors (Lipinski definition) is 2. The van der Waals surface area contributed by atoms with Gasteiger partial charge in [-0.3, -0.25) is 9.59 Å². The predicted molar refractivity (Wildman–Crippen MR) is 79.6 cm³/mol. The summed E-state index contributed by atoms with van der Waals surface area (Å²) in [7, 11) is 0. The topological polar surface area (TPSA) is 66.4 Å². The summed E-state index contributed by atoms with van der Waals surface area (Å²) >= 11 is 0. The minimum absolute atomic E-state index is 0.0180. The molecule has 0 bridgehead atoms. The molecule has 0 saturated carbocycles. The number of carbonyl (C=O) groups is 2. The average molecular weight is 277 g/mol. The normalized spacial score (nSPS) is 12.2. The lowest BCUT2D eigenvalue weighted by molar-refractivity contribution is -0.137. The van der Waals surface area contributed by atoms with Gasteiger partial charge in [0.1, 0.15) is 0 Å². The fourth-order valence-electron chi connectivity index (χ4n) is 1.75. The van der Waals surface area contributed by atoms with Gasteiger partial charge >= 0.3 is 5.97 Å². The van der Waals surface area contributed by atoms with Gasteiger partial charge in [-0.15, -0.1) is 0 Å². The molecule has 1 aromatic rings. The van der Waals surface area contributed by atoms with Gasteiger partial charge in [-0.05, 0) is 36.0 Å². The number of amides is 1. The molecule has 1 atom stereocenters. The monoisotopic (exact) mass is 277 g/mol. The molecule has 2 N–H and O–H groups in total. The van der Waals surface area contributed by atoms with E-state index in [-0.39, 0.29) is 12.3 Å². The molecule has 4 heteroatoms.